The van der Waals surface area contributed by atoms with Gasteiger partial charge in [0.1, 0.15) is 5.39 Å². The average molecular weight is 507 g/mol. The second-order valence-electron chi connectivity index (χ2n) is 9.61. The van der Waals surface area contributed by atoms with Crippen LogP contribution in [0.1, 0.15) is 0 Å². The van der Waals surface area contributed by atoms with Crippen LogP contribution in [0.3, 0.4) is 0 Å². The van der Waals surface area contributed by atoms with Crippen LogP contribution >= 0.6 is 0 Å². The number of likely N-dealkylation sites (N-methyl/N-ethyl adjacent to an activating group) is 1. The Hall–Kier alpha value is -4.77. The van der Waals surface area contributed by atoms with Crippen molar-refractivity contribution in [3.63, 3.8) is 0 Å². The van der Waals surface area contributed by atoms with E-state index in [2.05, 4.69) is 49.2 Å². The minimum atomic E-state index is -0.257. The summed E-state index contributed by atoms with van der Waals surface area (Å²) in [5, 5.41) is 4.42. The topological polar surface area (TPSA) is 101 Å². The summed E-state index contributed by atoms with van der Waals surface area (Å²) in [4.78, 5) is 36.8. The van der Waals surface area contributed by atoms with Gasteiger partial charge in [0.15, 0.2) is 11.3 Å². The molecule has 0 aliphatic carbocycles. The number of imidazole rings is 1. The lowest BCUT2D eigenvalue weighted by atomic mass is 10.2. The molecule has 38 heavy (non-hydrogen) atoms. The fourth-order valence-electron chi connectivity index (χ4n) is 5.05. The van der Waals surface area contributed by atoms with E-state index in [1.807, 2.05) is 54.2 Å². The van der Waals surface area contributed by atoms with Crippen LogP contribution in [0.2, 0.25) is 0 Å². The van der Waals surface area contributed by atoms with Crippen LogP contribution in [-0.2, 0) is 7.05 Å². The van der Waals surface area contributed by atoms with Crippen molar-refractivity contribution in [2.24, 2.45) is 7.05 Å². The molecule has 1 aliphatic heterocycles. The standard InChI is InChI=1S/C27H26N10O/c1-33-13-15-35(16-14-33)19-9-7-18(8-10-19)30-26-29-17-21-23(32-26)31-24-20-5-3-4-6-22(20)36(37(24)25(21)38)27-28-11-12-34(27)2/h3-12,17H,13-16H2,1-2H3,(H,29,30,32). The second-order valence-corrected chi connectivity index (χ2v) is 9.61. The van der Waals surface area contributed by atoms with Crippen LogP contribution in [0.4, 0.5) is 17.3 Å². The fraction of sp³-hybridized carbons (Fsp3) is 0.222. The first-order valence-corrected chi connectivity index (χ1v) is 12.5. The molecule has 11 heteroatoms. The van der Waals surface area contributed by atoms with Gasteiger partial charge in [-0.1, -0.05) is 12.1 Å². The van der Waals surface area contributed by atoms with Gasteiger partial charge in [0, 0.05) is 68.6 Å². The number of hydrogen-bond donors (Lipinski definition) is 1. The molecule has 0 bridgehead atoms. The predicted octanol–water partition coefficient (Wildman–Crippen LogP) is 2.81. The van der Waals surface area contributed by atoms with Crippen LogP contribution in [0.5, 0.6) is 0 Å². The summed E-state index contributed by atoms with van der Waals surface area (Å²) in [6.07, 6.45) is 5.08. The molecule has 2 aromatic carbocycles. The Morgan fingerprint density at radius 2 is 1.66 bits per heavy atom. The van der Waals surface area contributed by atoms with E-state index in [0.717, 1.165) is 42.8 Å². The molecule has 1 aliphatic rings. The van der Waals surface area contributed by atoms with Gasteiger partial charge in [0.2, 0.25) is 11.9 Å². The number of aromatic nitrogens is 7. The normalized spacial score (nSPS) is 14.6. The number of nitrogens with one attached hydrogen (secondary N) is 1. The Morgan fingerprint density at radius 1 is 0.868 bits per heavy atom. The van der Waals surface area contributed by atoms with Crippen LogP contribution in [0.15, 0.2) is 71.9 Å². The Morgan fingerprint density at radius 3 is 2.42 bits per heavy atom. The number of benzene rings is 2. The highest BCUT2D eigenvalue weighted by atomic mass is 16.1. The molecule has 0 unspecified atom stereocenters. The highest BCUT2D eigenvalue weighted by Crippen LogP contribution is 2.25. The van der Waals surface area contributed by atoms with Crippen LogP contribution in [-0.4, -0.2) is 71.8 Å². The van der Waals surface area contributed by atoms with Gasteiger partial charge >= 0.3 is 0 Å². The lowest BCUT2D eigenvalue weighted by molar-refractivity contribution is 0.313. The quantitative estimate of drug-likeness (QED) is 0.390. The van der Waals surface area contributed by atoms with Crippen molar-refractivity contribution < 1.29 is 0 Å². The van der Waals surface area contributed by atoms with Crippen molar-refractivity contribution in [1.29, 1.82) is 0 Å². The molecule has 0 amide bonds. The van der Waals surface area contributed by atoms with Gasteiger partial charge in [-0.25, -0.2) is 19.6 Å². The van der Waals surface area contributed by atoms with Crippen molar-refractivity contribution in [2.45, 2.75) is 0 Å². The largest absolute Gasteiger partial charge is 0.369 e. The molecule has 6 aromatic rings. The molecule has 0 radical (unpaired) electrons. The number of hydrogen-bond acceptors (Lipinski definition) is 8. The monoisotopic (exact) mass is 506 g/mol. The molecule has 5 heterocycles. The lowest BCUT2D eigenvalue weighted by Gasteiger charge is -2.34. The molecule has 190 valence electrons. The molecule has 0 atom stereocenters. The molecule has 1 fully saturated rings. The van der Waals surface area contributed by atoms with Crippen molar-refractivity contribution in [3.8, 4) is 5.95 Å². The zero-order valence-electron chi connectivity index (χ0n) is 21.1. The van der Waals surface area contributed by atoms with E-state index in [1.54, 1.807) is 15.4 Å². The summed E-state index contributed by atoms with van der Waals surface area (Å²) < 4.78 is 5.19. The number of rotatable bonds is 4. The summed E-state index contributed by atoms with van der Waals surface area (Å²) in [5.74, 6) is 0.993. The van der Waals surface area contributed by atoms with Crippen molar-refractivity contribution in [3.05, 3.63) is 77.5 Å². The Labute approximate surface area is 217 Å². The number of piperazine rings is 1. The third-order valence-corrected chi connectivity index (χ3v) is 7.15. The third kappa shape index (κ3) is 3.58. The van der Waals surface area contributed by atoms with Gasteiger partial charge in [-0.2, -0.15) is 9.50 Å². The molecule has 4 aromatic heterocycles. The number of anilines is 3. The maximum Gasteiger partial charge on any atom is 0.284 e. The number of fused-ring (bicyclic) bond motifs is 4. The SMILES string of the molecule is CN1CCN(c2ccc(Nc3ncc4c(=O)n5c(nc4n3)c3ccccc3n5-c3nccn3C)cc2)CC1. The van der Waals surface area contributed by atoms with Crippen molar-refractivity contribution in [2.75, 3.05) is 43.4 Å². The molecule has 0 spiro atoms. The van der Waals surface area contributed by atoms with Gasteiger partial charge in [0.05, 0.1) is 5.52 Å². The molecular formula is C27H26N10O. The molecule has 0 saturated carbocycles. The number of para-hydroxylation sites is 1. The Kier molecular flexibility index (Phi) is 5.11. The van der Waals surface area contributed by atoms with Crippen LogP contribution in [0, 0.1) is 0 Å². The molecule has 1 saturated heterocycles. The van der Waals surface area contributed by atoms with Gasteiger partial charge in [0.25, 0.3) is 5.56 Å². The summed E-state index contributed by atoms with van der Waals surface area (Å²) in [6.45, 7) is 4.16. The molecule has 1 N–H and O–H groups in total. The minimum absolute atomic E-state index is 0.257. The lowest BCUT2D eigenvalue weighted by Crippen LogP contribution is -2.44. The highest BCUT2D eigenvalue weighted by molar-refractivity contribution is 5.95. The van der Waals surface area contributed by atoms with Crippen molar-refractivity contribution in [1.82, 2.24) is 38.6 Å². The van der Waals surface area contributed by atoms with E-state index in [9.17, 15) is 4.79 Å². The highest BCUT2D eigenvalue weighted by Gasteiger charge is 2.20. The van der Waals surface area contributed by atoms with E-state index in [-0.39, 0.29) is 5.56 Å². The van der Waals surface area contributed by atoms with E-state index in [4.69, 9.17) is 4.98 Å². The van der Waals surface area contributed by atoms with Crippen molar-refractivity contribution >= 4 is 44.9 Å². The van der Waals surface area contributed by atoms with Crippen LogP contribution < -0.4 is 15.8 Å². The first kappa shape index (κ1) is 22.4. The Balaban J connectivity index is 1.28. The summed E-state index contributed by atoms with van der Waals surface area (Å²) in [5.41, 5.74) is 3.49. The van der Waals surface area contributed by atoms with Gasteiger partial charge in [-0.05, 0) is 43.4 Å². The first-order chi connectivity index (χ1) is 18.6. The zero-order valence-corrected chi connectivity index (χ0v) is 21.1. The molecule has 11 nitrogen and oxygen atoms in total. The van der Waals surface area contributed by atoms with Gasteiger partial charge in [-0.3, -0.25) is 4.79 Å². The minimum Gasteiger partial charge on any atom is -0.369 e. The van der Waals surface area contributed by atoms with E-state index >= 15 is 0 Å². The van der Waals surface area contributed by atoms with E-state index < -0.39 is 0 Å². The maximum atomic E-state index is 13.7. The molecular weight excluding hydrogens is 480 g/mol. The second kappa shape index (κ2) is 8.67. The smallest absolute Gasteiger partial charge is 0.284 e. The maximum absolute atomic E-state index is 13.7. The third-order valence-electron chi connectivity index (χ3n) is 7.15. The number of nitrogens with zero attached hydrogens (tertiary/aromatic N) is 9. The molecule has 7 rings (SSSR count). The summed E-state index contributed by atoms with van der Waals surface area (Å²) in [7, 11) is 4.04. The van der Waals surface area contributed by atoms with E-state index in [1.165, 1.54) is 11.9 Å². The number of aryl methyl sites for hydroxylation is 1. The Bertz CT molecular complexity index is 1860. The predicted molar refractivity (Wildman–Crippen MR) is 148 cm³/mol. The summed E-state index contributed by atoms with van der Waals surface area (Å²) in [6, 6.07) is 16.0. The summed E-state index contributed by atoms with van der Waals surface area (Å²) >= 11 is 0. The van der Waals surface area contributed by atoms with Gasteiger partial charge in [-0.15, -0.1) is 0 Å². The van der Waals surface area contributed by atoms with Crippen LogP contribution in [0.25, 0.3) is 33.5 Å². The average Bonchev–Trinajstić information content (AvgIpc) is 3.50. The zero-order chi connectivity index (χ0) is 25.8. The van der Waals surface area contributed by atoms with Gasteiger partial charge < -0.3 is 19.7 Å². The first-order valence-electron chi connectivity index (χ1n) is 12.5. The van der Waals surface area contributed by atoms with E-state index in [0.29, 0.717) is 28.6 Å². The fourth-order valence-corrected chi connectivity index (χ4v) is 5.05.